The Bertz CT molecular complexity index is 286. The standard InChI is InChI=1S/C7H14O2.C6H6O/c1-7(2,3)9-5-6-4-8-6;7-6-4-2-1-3-5-6/h6H,4-5H2,1-3H3;1-5,7H. The topological polar surface area (TPSA) is 42.0 Å². The number of aromatic hydroxyl groups is 1. The third-order valence-electron chi connectivity index (χ3n) is 1.86. The molecule has 1 N–H and O–H groups in total. The van der Waals surface area contributed by atoms with Crippen molar-refractivity contribution in [3.8, 4) is 5.75 Å². The highest BCUT2D eigenvalue weighted by atomic mass is 16.6. The zero-order valence-electron chi connectivity index (χ0n) is 10.1. The van der Waals surface area contributed by atoms with Crippen LogP contribution < -0.4 is 0 Å². The van der Waals surface area contributed by atoms with Crippen LogP contribution >= 0.6 is 0 Å². The van der Waals surface area contributed by atoms with Gasteiger partial charge < -0.3 is 14.6 Å². The molecule has 1 saturated heterocycles. The Morgan fingerprint density at radius 1 is 1.31 bits per heavy atom. The first-order valence-corrected chi connectivity index (χ1v) is 5.47. The van der Waals surface area contributed by atoms with E-state index in [1.165, 1.54) is 0 Å². The van der Waals surface area contributed by atoms with Crippen LogP contribution in [0.5, 0.6) is 5.75 Å². The first-order valence-electron chi connectivity index (χ1n) is 5.47. The van der Waals surface area contributed by atoms with Gasteiger partial charge in [-0.05, 0) is 32.9 Å². The van der Waals surface area contributed by atoms with E-state index in [2.05, 4.69) is 20.8 Å². The van der Waals surface area contributed by atoms with Crippen molar-refractivity contribution in [2.75, 3.05) is 13.2 Å². The normalized spacial score (nSPS) is 18.6. The third kappa shape index (κ3) is 7.26. The van der Waals surface area contributed by atoms with Gasteiger partial charge in [0.25, 0.3) is 0 Å². The lowest BCUT2D eigenvalue weighted by atomic mass is 10.2. The summed E-state index contributed by atoms with van der Waals surface area (Å²) in [4.78, 5) is 0. The molecular formula is C13H20O3. The predicted octanol–water partition coefficient (Wildman–Crippen LogP) is 2.59. The molecule has 1 heterocycles. The lowest BCUT2D eigenvalue weighted by molar-refractivity contribution is -0.0104. The molecule has 16 heavy (non-hydrogen) atoms. The number of hydrogen-bond acceptors (Lipinski definition) is 3. The van der Waals surface area contributed by atoms with E-state index in [4.69, 9.17) is 14.6 Å². The molecule has 0 aromatic heterocycles. The minimum Gasteiger partial charge on any atom is -0.508 e. The summed E-state index contributed by atoms with van der Waals surface area (Å²) in [5.41, 5.74) is -0.00799. The first kappa shape index (κ1) is 13.0. The van der Waals surface area contributed by atoms with Crippen molar-refractivity contribution in [1.82, 2.24) is 0 Å². The molecule has 1 aromatic rings. The Labute approximate surface area is 97.0 Å². The first-order chi connectivity index (χ1) is 7.47. The average molecular weight is 224 g/mol. The number of benzene rings is 1. The highest BCUT2D eigenvalue weighted by Gasteiger charge is 2.24. The fourth-order valence-corrected chi connectivity index (χ4v) is 0.935. The van der Waals surface area contributed by atoms with E-state index >= 15 is 0 Å². The van der Waals surface area contributed by atoms with Crippen LogP contribution in [0.15, 0.2) is 30.3 Å². The van der Waals surface area contributed by atoms with Crippen LogP contribution in [0, 0.1) is 0 Å². The molecule has 1 aliphatic heterocycles. The summed E-state index contributed by atoms with van der Waals surface area (Å²) in [7, 11) is 0. The van der Waals surface area contributed by atoms with E-state index in [0.29, 0.717) is 11.9 Å². The second kappa shape index (κ2) is 5.87. The van der Waals surface area contributed by atoms with Crippen molar-refractivity contribution in [3.05, 3.63) is 30.3 Å². The molecule has 0 aliphatic carbocycles. The van der Waals surface area contributed by atoms with Crippen LogP contribution in [0.25, 0.3) is 0 Å². The highest BCUT2D eigenvalue weighted by Crippen LogP contribution is 2.14. The Morgan fingerprint density at radius 3 is 2.19 bits per heavy atom. The maximum Gasteiger partial charge on any atom is 0.115 e. The zero-order chi connectivity index (χ0) is 12.0. The van der Waals surface area contributed by atoms with Crippen molar-refractivity contribution in [1.29, 1.82) is 0 Å². The summed E-state index contributed by atoms with van der Waals surface area (Å²) in [6, 6.07) is 8.71. The monoisotopic (exact) mass is 224 g/mol. The number of para-hydroxylation sites is 1. The van der Waals surface area contributed by atoms with Crippen molar-refractivity contribution in [3.63, 3.8) is 0 Å². The van der Waals surface area contributed by atoms with Crippen molar-refractivity contribution >= 4 is 0 Å². The minimum absolute atomic E-state index is 0.00799. The lowest BCUT2D eigenvalue weighted by Crippen LogP contribution is -2.21. The smallest absolute Gasteiger partial charge is 0.115 e. The predicted molar refractivity (Wildman–Crippen MR) is 63.6 cm³/mol. The minimum atomic E-state index is -0.00799. The van der Waals surface area contributed by atoms with Crippen molar-refractivity contribution in [2.24, 2.45) is 0 Å². The Hall–Kier alpha value is -1.06. The van der Waals surface area contributed by atoms with E-state index in [9.17, 15) is 0 Å². The molecule has 0 amide bonds. The fourth-order valence-electron chi connectivity index (χ4n) is 0.935. The molecule has 0 radical (unpaired) electrons. The summed E-state index contributed by atoms with van der Waals surface area (Å²) in [5.74, 6) is 0.322. The molecule has 3 heteroatoms. The van der Waals surface area contributed by atoms with Crippen LogP contribution in [0.3, 0.4) is 0 Å². The molecule has 1 aromatic carbocycles. The van der Waals surface area contributed by atoms with Gasteiger partial charge in [-0.25, -0.2) is 0 Å². The second-order valence-electron chi connectivity index (χ2n) is 4.71. The van der Waals surface area contributed by atoms with Gasteiger partial charge in [0.1, 0.15) is 11.9 Å². The maximum absolute atomic E-state index is 8.63. The molecule has 1 atom stereocenters. The van der Waals surface area contributed by atoms with Gasteiger partial charge in [0.15, 0.2) is 0 Å². The number of epoxide rings is 1. The molecule has 1 fully saturated rings. The molecule has 1 aliphatic rings. The van der Waals surface area contributed by atoms with Crippen LogP contribution in [-0.4, -0.2) is 30.0 Å². The maximum atomic E-state index is 8.63. The van der Waals surface area contributed by atoms with Crippen LogP contribution in [0.4, 0.5) is 0 Å². The van der Waals surface area contributed by atoms with E-state index in [1.807, 2.05) is 6.07 Å². The van der Waals surface area contributed by atoms with Gasteiger partial charge >= 0.3 is 0 Å². The third-order valence-corrected chi connectivity index (χ3v) is 1.86. The van der Waals surface area contributed by atoms with Crippen molar-refractivity contribution < 1.29 is 14.6 Å². The highest BCUT2D eigenvalue weighted by molar-refractivity contribution is 5.18. The van der Waals surface area contributed by atoms with E-state index in [1.54, 1.807) is 24.3 Å². The largest absolute Gasteiger partial charge is 0.508 e. The molecule has 0 saturated carbocycles. The summed E-state index contributed by atoms with van der Waals surface area (Å²) in [6.07, 6.45) is 0.393. The number of phenols is 1. The molecule has 0 spiro atoms. The van der Waals surface area contributed by atoms with E-state index in [-0.39, 0.29) is 5.60 Å². The van der Waals surface area contributed by atoms with Gasteiger partial charge in [0.2, 0.25) is 0 Å². The quantitative estimate of drug-likeness (QED) is 0.785. The van der Waals surface area contributed by atoms with Crippen LogP contribution in [-0.2, 0) is 9.47 Å². The summed E-state index contributed by atoms with van der Waals surface area (Å²) in [6.45, 7) is 7.79. The fraction of sp³-hybridized carbons (Fsp3) is 0.538. The summed E-state index contributed by atoms with van der Waals surface area (Å²) in [5, 5.41) is 8.63. The van der Waals surface area contributed by atoms with Gasteiger partial charge in [0.05, 0.1) is 18.8 Å². The number of ether oxygens (including phenoxy) is 2. The van der Waals surface area contributed by atoms with Crippen LogP contribution in [0.2, 0.25) is 0 Å². The van der Waals surface area contributed by atoms with Crippen molar-refractivity contribution in [2.45, 2.75) is 32.5 Å². The van der Waals surface area contributed by atoms with Crippen LogP contribution in [0.1, 0.15) is 20.8 Å². The van der Waals surface area contributed by atoms with E-state index in [0.717, 1.165) is 13.2 Å². The number of hydrogen-bond donors (Lipinski definition) is 1. The Morgan fingerprint density at radius 2 is 1.88 bits per heavy atom. The second-order valence-corrected chi connectivity index (χ2v) is 4.71. The summed E-state index contributed by atoms with van der Waals surface area (Å²) >= 11 is 0. The molecule has 0 bridgehead atoms. The number of rotatable bonds is 2. The van der Waals surface area contributed by atoms with Gasteiger partial charge in [-0.1, -0.05) is 18.2 Å². The van der Waals surface area contributed by atoms with E-state index < -0.39 is 0 Å². The molecule has 3 nitrogen and oxygen atoms in total. The summed E-state index contributed by atoms with van der Waals surface area (Å²) < 4.78 is 10.4. The molecule has 1 unspecified atom stereocenters. The molecule has 90 valence electrons. The van der Waals surface area contributed by atoms with Gasteiger partial charge in [-0.15, -0.1) is 0 Å². The Balaban J connectivity index is 0.000000165. The SMILES string of the molecule is CC(C)(C)OCC1CO1.Oc1ccccc1. The molecule has 2 rings (SSSR count). The zero-order valence-corrected chi connectivity index (χ0v) is 10.1. The van der Waals surface area contributed by atoms with Gasteiger partial charge in [-0.3, -0.25) is 0 Å². The lowest BCUT2D eigenvalue weighted by Gasteiger charge is -2.18. The van der Waals surface area contributed by atoms with Gasteiger partial charge in [-0.2, -0.15) is 0 Å². The van der Waals surface area contributed by atoms with Gasteiger partial charge in [0, 0.05) is 0 Å². The Kier molecular flexibility index (Phi) is 4.77. The average Bonchev–Trinajstić information content (AvgIpc) is 2.99. The number of phenolic OH excluding ortho intramolecular Hbond substituents is 1. The molecular weight excluding hydrogens is 204 g/mol.